The Kier molecular flexibility index (Phi) is 12.8. The van der Waals surface area contributed by atoms with Gasteiger partial charge in [0.25, 0.3) is 5.56 Å². The molecule has 1 unspecified atom stereocenters. The second-order valence-electron chi connectivity index (χ2n) is 15.8. The van der Waals surface area contributed by atoms with Gasteiger partial charge in [0, 0.05) is 68.1 Å². The standard InChI is InChI=1S/C44H51N3O10S/c1-26-8-6-11-31(48)10-5-3-4-9-29-19-35(49)41(42(52)40(29)44(54)57-26)32(28-14-15-36-37(20-28)56-25-55-36)21-38(50)45-33(16-17-58-2)43(53)46-22-27-18-30(24-46)34-12-7-13-39(51)47(34)23-27/h4,7,9,12-15,19-20,26-27,30,32-33,49,52H,3,5-6,8,10-11,16-18,21-25H2,1-2H3,(H,45,50)/b9-4+/t26-,27+,30-,32?,33-/m0/s1. The SMILES string of the molecule is CSCC[C@H](NC(=O)CC(c1ccc2c(c1)OCO2)c1c(O)cc2c(c1O)C(=O)O[C@@H](C)CCCC(=O)CCC/C=C/2)C(=O)N1C[C@H]2C[C@@H](C1)c1cccc(=O)n1C2. The fraction of sp³-hybridized carbons (Fsp3) is 0.477. The number of hydrogen-bond acceptors (Lipinski definition) is 11. The van der Waals surface area contributed by atoms with Gasteiger partial charge in [-0.25, -0.2) is 4.79 Å². The van der Waals surface area contributed by atoms with E-state index in [-0.39, 0.29) is 64.7 Å². The highest BCUT2D eigenvalue weighted by atomic mass is 32.2. The van der Waals surface area contributed by atoms with Crippen molar-refractivity contribution in [3.8, 4) is 23.0 Å². The summed E-state index contributed by atoms with van der Waals surface area (Å²) >= 11 is 1.56. The monoisotopic (exact) mass is 813 g/mol. The number of benzene rings is 2. The minimum atomic E-state index is -1.01. The van der Waals surface area contributed by atoms with Crippen molar-refractivity contribution in [2.24, 2.45) is 5.92 Å². The van der Waals surface area contributed by atoms with E-state index in [0.717, 1.165) is 12.1 Å². The fourth-order valence-electron chi connectivity index (χ4n) is 8.76. The normalized spacial score (nSPS) is 22.1. The number of carbonyl (C=O) groups is 4. The number of allylic oxidation sites excluding steroid dienone is 1. The number of hydrogen-bond donors (Lipinski definition) is 3. The Labute approximate surface area is 341 Å². The van der Waals surface area contributed by atoms with Gasteiger partial charge in [-0.15, -0.1) is 0 Å². The minimum absolute atomic E-state index is 0.00355. The van der Waals surface area contributed by atoms with Crippen molar-refractivity contribution in [1.82, 2.24) is 14.8 Å². The van der Waals surface area contributed by atoms with Crippen LogP contribution in [-0.4, -0.2) is 87.3 Å². The van der Waals surface area contributed by atoms with E-state index in [1.165, 1.54) is 6.07 Å². The lowest BCUT2D eigenvalue weighted by Gasteiger charge is -2.43. The van der Waals surface area contributed by atoms with Crippen molar-refractivity contribution in [3.63, 3.8) is 0 Å². The molecule has 0 saturated carbocycles. The smallest absolute Gasteiger partial charge is 0.342 e. The van der Waals surface area contributed by atoms with Crippen LogP contribution in [0.25, 0.3) is 6.08 Å². The Morgan fingerprint density at radius 3 is 2.64 bits per heavy atom. The highest BCUT2D eigenvalue weighted by Gasteiger charge is 2.39. The van der Waals surface area contributed by atoms with Crippen LogP contribution < -0.4 is 20.3 Å². The molecule has 14 heteroatoms. The average Bonchev–Trinajstić information content (AvgIpc) is 3.67. The molecule has 308 valence electrons. The van der Waals surface area contributed by atoms with Crippen molar-refractivity contribution < 1.29 is 43.6 Å². The third-order valence-electron chi connectivity index (χ3n) is 11.6. The number of rotatable bonds is 9. The van der Waals surface area contributed by atoms with E-state index in [1.807, 2.05) is 21.8 Å². The van der Waals surface area contributed by atoms with Gasteiger partial charge in [0.05, 0.1) is 6.10 Å². The summed E-state index contributed by atoms with van der Waals surface area (Å²) in [6, 6.07) is 10.9. The summed E-state index contributed by atoms with van der Waals surface area (Å²) in [5.74, 6) is -1.58. The van der Waals surface area contributed by atoms with Crippen molar-refractivity contribution >= 4 is 41.4 Å². The molecule has 0 aliphatic carbocycles. The predicted molar refractivity (Wildman–Crippen MR) is 218 cm³/mol. The van der Waals surface area contributed by atoms with Gasteiger partial charge >= 0.3 is 5.97 Å². The van der Waals surface area contributed by atoms with E-state index in [2.05, 4.69) is 5.32 Å². The molecule has 0 radical (unpaired) electrons. The van der Waals surface area contributed by atoms with E-state index in [4.69, 9.17) is 14.2 Å². The summed E-state index contributed by atoms with van der Waals surface area (Å²) in [5, 5.41) is 26.7. The number of ketones is 1. The van der Waals surface area contributed by atoms with Gasteiger partial charge in [-0.2, -0.15) is 11.8 Å². The van der Waals surface area contributed by atoms with Gasteiger partial charge in [-0.3, -0.25) is 19.2 Å². The molecule has 3 aromatic rings. The molecule has 7 rings (SSSR count). The average molecular weight is 814 g/mol. The van der Waals surface area contributed by atoms with Gasteiger partial charge in [-0.05, 0) is 98.8 Å². The number of amides is 2. The van der Waals surface area contributed by atoms with E-state index >= 15 is 0 Å². The molecule has 4 aliphatic heterocycles. The number of phenols is 2. The lowest BCUT2D eigenvalue weighted by atomic mass is 9.83. The summed E-state index contributed by atoms with van der Waals surface area (Å²) < 4.78 is 18.8. The van der Waals surface area contributed by atoms with E-state index in [9.17, 15) is 34.2 Å². The Bertz CT molecular complexity index is 2150. The number of aromatic hydroxyl groups is 2. The first-order valence-electron chi connectivity index (χ1n) is 20.1. The molecule has 1 fully saturated rings. The molecule has 58 heavy (non-hydrogen) atoms. The number of Topliss-reactive ketones (excluding diaryl/α,β-unsaturated/α-hetero) is 1. The third kappa shape index (κ3) is 9.06. The number of nitrogens with zero attached hydrogens (tertiary/aromatic N) is 2. The Balaban J connectivity index is 1.20. The number of thioether (sulfide) groups is 1. The zero-order valence-corrected chi connectivity index (χ0v) is 33.8. The largest absolute Gasteiger partial charge is 0.507 e. The number of carbonyl (C=O) groups excluding carboxylic acids is 4. The Morgan fingerprint density at radius 2 is 1.81 bits per heavy atom. The molecule has 2 aromatic carbocycles. The van der Waals surface area contributed by atoms with Crippen LogP contribution in [0.2, 0.25) is 0 Å². The van der Waals surface area contributed by atoms with Gasteiger partial charge in [0.2, 0.25) is 18.6 Å². The minimum Gasteiger partial charge on any atom is -0.507 e. The van der Waals surface area contributed by atoms with Gasteiger partial charge < -0.3 is 39.2 Å². The van der Waals surface area contributed by atoms with Crippen LogP contribution in [0.15, 0.2) is 53.3 Å². The second kappa shape index (κ2) is 18.1. The maximum absolute atomic E-state index is 14.3. The van der Waals surface area contributed by atoms with Crippen LogP contribution in [0.5, 0.6) is 23.0 Å². The van der Waals surface area contributed by atoms with E-state index < -0.39 is 35.7 Å². The van der Waals surface area contributed by atoms with Crippen molar-refractivity contribution in [2.75, 3.05) is 31.9 Å². The van der Waals surface area contributed by atoms with Crippen LogP contribution in [0, 0.1) is 5.92 Å². The first-order valence-corrected chi connectivity index (χ1v) is 21.5. The third-order valence-corrected chi connectivity index (χ3v) is 12.3. The molecular weight excluding hydrogens is 763 g/mol. The van der Waals surface area contributed by atoms with Crippen LogP contribution >= 0.6 is 11.8 Å². The summed E-state index contributed by atoms with van der Waals surface area (Å²) in [7, 11) is 0. The Hall–Kier alpha value is -5.24. The van der Waals surface area contributed by atoms with Crippen molar-refractivity contribution in [2.45, 2.75) is 95.2 Å². The molecule has 1 saturated heterocycles. The van der Waals surface area contributed by atoms with Crippen molar-refractivity contribution in [1.29, 1.82) is 0 Å². The van der Waals surface area contributed by atoms with Gasteiger partial charge in [0.1, 0.15) is 28.9 Å². The van der Waals surface area contributed by atoms with Crippen molar-refractivity contribution in [3.05, 3.63) is 86.8 Å². The molecule has 0 spiro atoms. The number of cyclic esters (lactones) is 1. The van der Waals surface area contributed by atoms with Gasteiger partial charge in [0.15, 0.2) is 11.5 Å². The van der Waals surface area contributed by atoms with Crippen LogP contribution in [0.1, 0.15) is 109 Å². The summed E-state index contributed by atoms with van der Waals surface area (Å²) in [6.45, 7) is 3.17. The molecule has 2 bridgehead atoms. The van der Waals surface area contributed by atoms with Crippen LogP contribution in [-0.2, 0) is 25.7 Å². The molecule has 4 aliphatic rings. The van der Waals surface area contributed by atoms with E-state index in [0.29, 0.717) is 87.4 Å². The second-order valence-corrected chi connectivity index (χ2v) is 16.8. The molecule has 5 heterocycles. The zero-order chi connectivity index (χ0) is 40.9. The Morgan fingerprint density at radius 1 is 1.00 bits per heavy atom. The number of phenolic OH excluding ortho intramolecular Hbond substituents is 2. The highest BCUT2D eigenvalue weighted by Crippen LogP contribution is 2.46. The first-order chi connectivity index (χ1) is 28.0. The topological polar surface area (TPSA) is 174 Å². The molecule has 3 N–H and O–H groups in total. The number of esters is 1. The number of pyridine rings is 1. The number of aromatic nitrogens is 1. The number of likely N-dealkylation sites (tertiary alicyclic amines) is 1. The summed E-state index contributed by atoms with van der Waals surface area (Å²) in [5.41, 5.74) is 1.40. The molecule has 13 nitrogen and oxygen atoms in total. The number of piperidine rings is 1. The van der Waals surface area contributed by atoms with Crippen LogP contribution in [0.4, 0.5) is 0 Å². The highest BCUT2D eigenvalue weighted by molar-refractivity contribution is 7.98. The van der Waals surface area contributed by atoms with E-state index in [1.54, 1.807) is 61.2 Å². The maximum Gasteiger partial charge on any atom is 0.342 e. The maximum atomic E-state index is 14.3. The quantitative estimate of drug-likeness (QED) is 0.221. The molecule has 2 amide bonds. The molecule has 1 aromatic heterocycles. The summed E-state index contributed by atoms with van der Waals surface area (Å²) in [6.07, 6.45) is 8.74. The zero-order valence-electron chi connectivity index (χ0n) is 32.9. The summed E-state index contributed by atoms with van der Waals surface area (Å²) in [4.78, 5) is 69.1. The fourth-order valence-corrected chi connectivity index (χ4v) is 9.24. The number of nitrogens with one attached hydrogen (secondary N) is 1. The number of fused-ring (bicyclic) bond motifs is 6. The molecule has 5 atom stereocenters. The molecular formula is C44H51N3O10S. The predicted octanol–water partition coefficient (Wildman–Crippen LogP) is 5.88. The van der Waals surface area contributed by atoms with Crippen LogP contribution in [0.3, 0.4) is 0 Å². The number of ether oxygens (including phenoxy) is 3. The van der Waals surface area contributed by atoms with Gasteiger partial charge in [-0.1, -0.05) is 24.3 Å². The lowest BCUT2D eigenvalue weighted by molar-refractivity contribution is -0.139. The first kappa shape index (κ1) is 40.9. The lowest BCUT2D eigenvalue weighted by Crippen LogP contribution is -2.55.